The third-order valence-electron chi connectivity index (χ3n) is 6.31. The van der Waals surface area contributed by atoms with Gasteiger partial charge in [-0.15, -0.1) is 18.2 Å². The fourth-order valence-corrected chi connectivity index (χ4v) is 4.65. The van der Waals surface area contributed by atoms with Gasteiger partial charge >= 0.3 is 0 Å². The Morgan fingerprint density at radius 1 is 0.970 bits per heavy atom. The molecule has 0 saturated carbocycles. The van der Waals surface area contributed by atoms with Crippen molar-refractivity contribution in [2.24, 2.45) is 5.41 Å². The van der Waals surface area contributed by atoms with Crippen molar-refractivity contribution in [1.29, 1.82) is 0 Å². The van der Waals surface area contributed by atoms with E-state index in [2.05, 4.69) is 114 Å². The van der Waals surface area contributed by atoms with Crippen LogP contribution in [0.3, 0.4) is 0 Å². The third-order valence-corrected chi connectivity index (χ3v) is 6.31. The van der Waals surface area contributed by atoms with Gasteiger partial charge in [0.05, 0.1) is 6.72 Å². The molecule has 0 atom stereocenters. The number of allylic oxidation sites excluding steroid dienone is 2. The van der Waals surface area contributed by atoms with E-state index in [0.29, 0.717) is 0 Å². The monoisotopic (exact) mass is 433 g/mol. The Labute approximate surface area is 196 Å². The quantitative estimate of drug-likeness (QED) is 0.180. The normalized spacial score (nSPS) is 14.4. The molecular formula is C31H31NO. The highest BCUT2D eigenvalue weighted by atomic mass is 16.3. The topological polar surface area (TPSA) is 14.3 Å². The van der Waals surface area contributed by atoms with Crippen LogP contribution in [-0.2, 0) is 0 Å². The molecule has 166 valence electrons. The number of benzene rings is 3. The van der Waals surface area contributed by atoms with E-state index in [-0.39, 0.29) is 5.41 Å². The molecule has 4 aromatic rings. The standard InChI is InChI=1S/C31H31NO/c1-20-7-9-23(10-8-20)24-11-12-25-27-18-26(21(2)15-29(27)33-30(25)17-24)28-16-22(13-14-32(28)6)19-31(3,4)5/h7-18H,6,19H2,1-5H3. The molecule has 0 amide bonds. The van der Waals surface area contributed by atoms with Crippen LogP contribution in [0.25, 0.3) is 33.1 Å². The predicted molar refractivity (Wildman–Crippen MR) is 140 cm³/mol. The van der Waals surface area contributed by atoms with Gasteiger partial charge in [0.15, 0.2) is 0 Å². The lowest BCUT2D eigenvalue weighted by Crippen LogP contribution is -2.17. The number of hydrogen-bond acceptors (Lipinski definition) is 0. The van der Waals surface area contributed by atoms with Crippen molar-refractivity contribution in [3.8, 4) is 11.1 Å². The van der Waals surface area contributed by atoms with E-state index in [9.17, 15) is 0 Å². The van der Waals surface area contributed by atoms with Gasteiger partial charge in [-0.05, 0) is 53.3 Å². The van der Waals surface area contributed by atoms with Crippen LogP contribution in [0.4, 0.5) is 0 Å². The molecule has 0 N–H and O–H groups in total. The van der Waals surface area contributed by atoms with E-state index in [1.54, 1.807) is 0 Å². The van der Waals surface area contributed by atoms with Crippen molar-refractivity contribution in [3.63, 3.8) is 0 Å². The molecule has 0 aliphatic carbocycles. The van der Waals surface area contributed by atoms with Gasteiger partial charge in [0.2, 0.25) is 0 Å². The van der Waals surface area contributed by atoms with E-state index in [0.717, 1.165) is 34.4 Å². The van der Waals surface area contributed by atoms with Crippen LogP contribution < -0.4 is 0 Å². The maximum Gasteiger partial charge on any atom is 0.278 e. The summed E-state index contributed by atoms with van der Waals surface area (Å²) in [7, 11) is 0. The largest absolute Gasteiger partial charge is 0.287 e. The first-order valence-corrected chi connectivity index (χ1v) is 11.6. The minimum atomic E-state index is 0.236. The van der Waals surface area contributed by atoms with Crippen LogP contribution in [0, 0.1) is 25.3 Å². The minimum absolute atomic E-state index is 0.236. The van der Waals surface area contributed by atoms with Gasteiger partial charge in [-0.1, -0.05) is 85.9 Å². The molecule has 1 aromatic heterocycles. The molecule has 3 aromatic carbocycles. The highest BCUT2D eigenvalue weighted by molar-refractivity contribution is 6.06. The number of aryl methyl sites for hydroxylation is 2. The molecule has 2 nitrogen and oxygen atoms in total. The number of furan rings is 1. The minimum Gasteiger partial charge on any atom is -0.287 e. The van der Waals surface area contributed by atoms with Gasteiger partial charge in [0, 0.05) is 0 Å². The van der Waals surface area contributed by atoms with Gasteiger partial charge in [-0.3, -0.25) is 8.99 Å². The first-order chi connectivity index (χ1) is 15.7. The molecule has 2 heteroatoms. The Kier molecular flexibility index (Phi) is 5.05. The Morgan fingerprint density at radius 2 is 1.70 bits per heavy atom. The number of nitrogens with zero attached hydrogens (tertiary/aromatic N) is 1. The summed E-state index contributed by atoms with van der Waals surface area (Å²) in [5, 5.41) is 2.28. The lowest BCUT2D eigenvalue weighted by Gasteiger charge is -2.25. The van der Waals surface area contributed by atoms with E-state index in [1.165, 1.54) is 33.4 Å². The highest BCUT2D eigenvalue weighted by Crippen LogP contribution is 2.37. The first-order valence-electron chi connectivity index (χ1n) is 11.6. The van der Waals surface area contributed by atoms with E-state index in [1.807, 2.05) is 4.58 Å². The van der Waals surface area contributed by atoms with Crippen LogP contribution in [0.1, 0.15) is 43.9 Å². The summed E-state index contributed by atoms with van der Waals surface area (Å²) >= 11 is 0. The highest BCUT2D eigenvalue weighted by Gasteiger charge is 2.22. The van der Waals surface area contributed by atoms with Gasteiger partial charge in [-0.25, -0.2) is 0 Å². The summed E-state index contributed by atoms with van der Waals surface area (Å²) in [4.78, 5) is 0. The van der Waals surface area contributed by atoms with Crippen molar-refractivity contribution in [3.05, 3.63) is 101 Å². The Hall–Kier alpha value is -3.52. The summed E-state index contributed by atoms with van der Waals surface area (Å²) in [6, 6.07) is 20.7. The fourth-order valence-electron chi connectivity index (χ4n) is 4.65. The zero-order chi connectivity index (χ0) is 23.3. The van der Waals surface area contributed by atoms with E-state index in [4.69, 9.17) is 4.42 Å². The SMILES string of the molecule is C=[N+]1C=CC(CC(C)(C)C)=C[C-]1c1cc2c(cc1C)[o+][c-]1cc(-c3ccc(C)cc3)ccc21. The smallest absolute Gasteiger partial charge is 0.278 e. The Bertz CT molecular complexity index is 1440. The number of fused-ring (bicyclic) bond motifs is 3. The fraction of sp³-hybridized carbons (Fsp3) is 0.226. The molecule has 2 heterocycles. The molecule has 0 radical (unpaired) electrons. The Balaban J connectivity index is 1.59. The van der Waals surface area contributed by atoms with Crippen LogP contribution >= 0.6 is 0 Å². The van der Waals surface area contributed by atoms with Gasteiger partial charge in [0.25, 0.3) is 11.2 Å². The lowest BCUT2D eigenvalue weighted by atomic mass is 9.85. The summed E-state index contributed by atoms with van der Waals surface area (Å²) in [5.41, 5.74) is 9.43. The molecule has 0 saturated heterocycles. The van der Waals surface area contributed by atoms with Crippen molar-refractivity contribution in [2.45, 2.75) is 41.0 Å². The average molecular weight is 434 g/mol. The van der Waals surface area contributed by atoms with Crippen LogP contribution in [0.5, 0.6) is 0 Å². The lowest BCUT2D eigenvalue weighted by molar-refractivity contribution is -0.418. The summed E-state index contributed by atoms with van der Waals surface area (Å²) in [6.45, 7) is 15.3. The summed E-state index contributed by atoms with van der Waals surface area (Å²) in [5.74, 6) is 0. The molecular weight excluding hydrogens is 402 g/mol. The third kappa shape index (κ3) is 4.14. The zero-order valence-electron chi connectivity index (χ0n) is 20.2. The van der Waals surface area contributed by atoms with Gasteiger partial charge in [0.1, 0.15) is 12.2 Å². The van der Waals surface area contributed by atoms with Crippen LogP contribution in [0.15, 0.2) is 82.9 Å². The number of hydrogen-bond donors (Lipinski definition) is 0. The molecule has 0 bridgehead atoms. The molecule has 0 unspecified atom stereocenters. The summed E-state index contributed by atoms with van der Waals surface area (Å²) < 4.78 is 8.28. The zero-order valence-corrected chi connectivity index (χ0v) is 20.2. The van der Waals surface area contributed by atoms with Crippen molar-refractivity contribution in [1.82, 2.24) is 0 Å². The van der Waals surface area contributed by atoms with Gasteiger partial charge < -0.3 is 0 Å². The molecule has 0 fully saturated rings. The molecule has 1 aliphatic heterocycles. The molecule has 1 aliphatic rings. The first kappa shape index (κ1) is 21.3. The molecule has 5 rings (SSSR count). The van der Waals surface area contributed by atoms with Crippen molar-refractivity contribution >= 4 is 28.7 Å². The molecule has 0 spiro atoms. The summed E-state index contributed by atoms with van der Waals surface area (Å²) in [6.07, 6.45) is 7.56. The van der Waals surface area contributed by atoms with E-state index < -0.39 is 0 Å². The van der Waals surface area contributed by atoms with Crippen molar-refractivity contribution in [2.75, 3.05) is 0 Å². The second-order valence-electron chi connectivity index (χ2n) is 10.5. The average Bonchev–Trinajstić information content (AvgIpc) is 3.10. The number of rotatable bonds is 3. The predicted octanol–water partition coefficient (Wildman–Crippen LogP) is 8.35. The molecule has 33 heavy (non-hydrogen) atoms. The van der Waals surface area contributed by atoms with E-state index >= 15 is 0 Å². The maximum atomic E-state index is 6.31. The van der Waals surface area contributed by atoms with Gasteiger partial charge in [-0.2, -0.15) is 0 Å². The van der Waals surface area contributed by atoms with Crippen molar-refractivity contribution < 1.29 is 8.99 Å². The van der Waals surface area contributed by atoms with Crippen LogP contribution in [-0.4, -0.2) is 11.3 Å². The maximum absolute atomic E-state index is 6.31. The van der Waals surface area contributed by atoms with Crippen LogP contribution in [0.2, 0.25) is 0 Å². The second kappa shape index (κ2) is 7.81. The second-order valence-corrected chi connectivity index (χ2v) is 10.5. The Morgan fingerprint density at radius 3 is 2.42 bits per heavy atom.